The van der Waals surface area contributed by atoms with E-state index < -0.39 is 0 Å². The van der Waals surface area contributed by atoms with E-state index in [0.29, 0.717) is 6.54 Å². The predicted molar refractivity (Wildman–Crippen MR) is 90.9 cm³/mol. The minimum Gasteiger partial charge on any atom is -0.496 e. The summed E-state index contributed by atoms with van der Waals surface area (Å²) in [6, 6.07) is 5.92. The summed E-state index contributed by atoms with van der Waals surface area (Å²) in [6.07, 6.45) is 11.6. The molecule has 0 saturated carbocycles. The maximum absolute atomic E-state index is 11.9. The van der Waals surface area contributed by atoms with E-state index in [1.165, 1.54) is 31.3 Å². The molecule has 2 rings (SSSR count). The van der Waals surface area contributed by atoms with Gasteiger partial charge in [0.25, 0.3) is 0 Å². The van der Waals surface area contributed by atoms with Crippen LogP contribution in [0, 0.1) is 6.92 Å². The van der Waals surface area contributed by atoms with Crippen molar-refractivity contribution in [3.63, 3.8) is 0 Å². The first kappa shape index (κ1) is 16.3. The van der Waals surface area contributed by atoms with Crippen LogP contribution in [-0.4, -0.2) is 19.6 Å². The van der Waals surface area contributed by atoms with Gasteiger partial charge in [0.15, 0.2) is 0 Å². The van der Waals surface area contributed by atoms with Gasteiger partial charge in [-0.3, -0.25) is 4.79 Å². The topological polar surface area (TPSA) is 38.3 Å². The van der Waals surface area contributed by atoms with Crippen molar-refractivity contribution in [2.45, 2.75) is 39.0 Å². The number of allylic oxidation sites excluding steroid dienone is 1. The Morgan fingerprint density at radius 3 is 2.95 bits per heavy atom. The minimum atomic E-state index is -0.0556. The Kier molecular flexibility index (Phi) is 6.26. The van der Waals surface area contributed by atoms with Crippen LogP contribution in [0.5, 0.6) is 5.75 Å². The average Bonchev–Trinajstić information content (AvgIpc) is 2.54. The molecular weight excluding hydrogens is 274 g/mol. The van der Waals surface area contributed by atoms with E-state index in [1.807, 2.05) is 25.1 Å². The van der Waals surface area contributed by atoms with Gasteiger partial charge in [-0.25, -0.2) is 0 Å². The molecule has 1 aliphatic carbocycles. The number of hydrogen-bond acceptors (Lipinski definition) is 2. The highest BCUT2D eigenvalue weighted by atomic mass is 16.5. The van der Waals surface area contributed by atoms with Crippen LogP contribution in [0.3, 0.4) is 0 Å². The van der Waals surface area contributed by atoms with Crippen LogP contribution < -0.4 is 10.1 Å². The second-order valence-electron chi connectivity index (χ2n) is 5.73. The summed E-state index contributed by atoms with van der Waals surface area (Å²) >= 11 is 0. The lowest BCUT2D eigenvalue weighted by atomic mass is 9.97. The van der Waals surface area contributed by atoms with Crippen LogP contribution in [0.1, 0.15) is 43.2 Å². The van der Waals surface area contributed by atoms with Crippen LogP contribution >= 0.6 is 0 Å². The molecule has 0 heterocycles. The number of carbonyl (C=O) groups excluding carboxylic acids is 1. The van der Waals surface area contributed by atoms with Crippen LogP contribution in [0.2, 0.25) is 0 Å². The fourth-order valence-electron chi connectivity index (χ4n) is 2.69. The molecule has 0 radical (unpaired) electrons. The van der Waals surface area contributed by atoms with Gasteiger partial charge in [-0.1, -0.05) is 23.3 Å². The third-order valence-corrected chi connectivity index (χ3v) is 3.93. The Morgan fingerprint density at radius 1 is 1.36 bits per heavy atom. The number of rotatable bonds is 6. The van der Waals surface area contributed by atoms with Crippen molar-refractivity contribution in [1.82, 2.24) is 5.32 Å². The van der Waals surface area contributed by atoms with Gasteiger partial charge in [-0.15, -0.1) is 0 Å². The summed E-state index contributed by atoms with van der Waals surface area (Å²) in [6.45, 7) is 2.73. The van der Waals surface area contributed by atoms with Crippen molar-refractivity contribution in [1.29, 1.82) is 0 Å². The molecule has 118 valence electrons. The van der Waals surface area contributed by atoms with Gasteiger partial charge in [-0.05, 0) is 57.2 Å². The molecule has 0 bridgehead atoms. The molecule has 22 heavy (non-hydrogen) atoms. The lowest BCUT2D eigenvalue weighted by molar-refractivity contribution is -0.116. The fourth-order valence-corrected chi connectivity index (χ4v) is 2.69. The molecule has 0 fully saturated rings. The summed E-state index contributed by atoms with van der Waals surface area (Å²) < 4.78 is 5.30. The summed E-state index contributed by atoms with van der Waals surface area (Å²) in [5.41, 5.74) is 3.55. The molecule has 0 aromatic heterocycles. The molecule has 0 saturated heterocycles. The molecule has 1 aromatic rings. The molecular formula is C19H25NO2. The third kappa shape index (κ3) is 5.06. The van der Waals surface area contributed by atoms with Crippen molar-refractivity contribution in [2.24, 2.45) is 0 Å². The molecule has 3 nitrogen and oxygen atoms in total. The molecule has 1 aromatic carbocycles. The molecule has 1 N–H and O–H groups in total. The Morgan fingerprint density at radius 2 is 2.23 bits per heavy atom. The van der Waals surface area contributed by atoms with Gasteiger partial charge in [0.2, 0.25) is 5.91 Å². The van der Waals surface area contributed by atoms with Crippen LogP contribution in [0.25, 0.3) is 6.08 Å². The molecule has 0 spiro atoms. The van der Waals surface area contributed by atoms with Crippen LogP contribution in [-0.2, 0) is 4.79 Å². The monoisotopic (exact) mass is 299 g/mol. The first-order valence-corrected chi connectivity index (χ1v) is 7.97. The van der Waals surface area contributed by atoms with Crippen molar-refractivity contribution >= 4 is 12.0 Å². The van der Waals surface area contributed by atoms with Gasteiger partial charge in [0, 0.05) is 18.2 Å². The van der Waals surface area contributed by atoms with Crippen molar-refractivity contribution in [2.75, 3.05) is 13.7 Å². The average molecular weight is 299 g/mol. The van der Waals surface area contributed by atoms with E-state index in [2.05, 4.69) is 11.4 Å². The second kappa shape index (κ2) is 8.42. The number of carbonyl (C=O) groups is 1. The highest BCUT2D eigenvalue weighted by molar-refractivity contribution is 5.92. The summed E-state index contributed by atoms with van der Waals surface area (Å²) in [4.78, 5) is 11.9. The zero-order chi connectivity index (χ0) is 15.8. The van der Waals surface area contributed by atoms with Gasteiger partial charge in [-0.2, -0.15) is 0 Å². The lowest BCUT2D eigenvalue weighted by Gasteiger charge is -2.12. The zero-order valence-electron chi connectivity index (χ0n) is 13.5. The smallest absolute Gasteiger partial charge is 0.244 e. The molecule has 0 aliphatic heterocycles. The number of methoxy groups -OCH3 is 1. The second-order valence-corrected chi connectivity index (χ2v) is 5.73. The van der Waals surface area contributed by atoms with E-state index in [-0.39, 0.29) is 5.91 Å². The van der Waals surface area contributed by atoms with Crippen LogP contribution in [0.15, 0.2) is 35.9 Å². The molecule has 1 aliphatic rings. The Bertz CT molecular complexity index is 573. The third-order valence-electron chi connectivity index (χ3n) is 3.93. The standard InChI is InChI=1S/C19H25NO2/c1-15-8-10-18(22-2)17(14-15)9-11-19(21)20-13-12-16-6-4-3-5-7-16/h6,8-11,14H,3-5,7,12-13H2,1-2H3,(H,20,21). The number of aryl methyl sites for hydroxylation is 1. The number of nitrogens with one attached hydrogen (secondary N) is 1. The lowest BCUT2D eigenvalue weighted by Crippen LogP contribution is -2.22. The maximum Gasteiger partial charge on any atom is 0.244 e. The van der Waals surface area contributed by atoms with Gasteiger partial charge in [0.1, 0.15) is 5.75 Å². The number of hydrogen-bond donors (Lipinski definition) is 1. The number of amides is 1. The maximum atomic E-state index is 11.9. The highest BCUT2D eigenvalue weighted by Gasteiger charge is 2.04. The SMILES string of the molecule is COc1ccc(C)cc1C=CC(=O)NCCC1=CCCCC1. The van der Waals surface area contributed by atoms with Crippen molar-refractivity contribution < 1.29 is 9.53 Å². The Hall–Kier alpha value is -2.03. The summed E-state index contributed by atoms with van der Waals surface area (Å²) in [7, 11) is 1.64. The first-order valence-electron chi connectivity index (χ1n) is 7.97. The molecule has 1 amide bonds. The van der Waals surface area contributed by atoms with E-state index in [4.69, 9.17) is 4.74 Å². The quantitative estimate of drug-likeness (QED) is 0.636. The Labute approximate surface area is 133 Å². The van der Waals surface area contributed by atoms with Crippen molar-refractivity contribution in [3.8, 4) is 5.75 Å². The summed E-state index contributed by atoms with van der Waals surface area (Å²) in [5, 5.41) is 2.94. The van der Waals surface area contributed by atoms with E-state index in [1.54, 1.807) is 19.3 Å². The van der Waals surface area contributed by atoms with Gasteiger partial charge in [0.05, 0.1) is 7.11 Å². The largest absolute Gasteiger partial charge is 0.496 e. The zero-order valence-corrected chi connectivity index (χ0v) is 13.5. The number of benzene rings is 1. The number of ether oxygens (including phenoxy) is 1. The summed E-state index contributed by atoms with van der Waals surface area (Å²) in [5.74, 6) is 0.724. The first-order chi connectivity index (χ1) is 10.7. The van der Waals surface area contributed by atoms with Crippen LogP contribution in [0.4, 0.5) is 0 Å². The highest BCUT2D eigenvalue weighted by Crippen LogP contribution is 2.21. The normalized spacial score (nSPS) is 14.7. The molecule has 0 atom stereocenters. The molecule has 0 unspecified atom stereocenters. The predicted octanol–water partition coefficient (Wildman–Crippen LogP) is 4.02. The van der Waals surface area contributed by atoms with E-state index in [0.717, 1.165) is 23.3 Å². The van der Waals surface area contributed by atoms with E-state index >= 15 is 0 Å². The molecule has 3 heteroatoms. The van der Waals surface area contributed by atoms with E-state index in [9.17, 15) is 4.79 Å². The fraction of sp³-hybridized carbons (Fsp3) is 0.421. The van der Waals surface area contributed by atoms with Crippen molar-refractivity contribution in [3.05, 3.63) is 47.1 Å². The van der Waals surface area contributed by atoms with Gasteiger partial charge >= 0.3 is 0 Å². The van der Waals surface area contributed by atoms with Gasteiger partial charge < -0.3 is 10.1 Å². The minimum absolute atomic E-state index is 0.0556. The Balaban J connectivity index is 1.83.